The van der Waals surface area contributed by atoms with E-state index in [4.69, 9.17) is 18.6 Å². The van der Waals surface area contributed by atoms with Crippen molar-refractivity contribution >= 4 is 0 Å². The minimum atomic E-state index is 0. The van der Waals surface area contributed by atoms with Gasteiger partial charge in [-0.2, -0.15) is 0 Å². The maximum atomic E-state index is 7.50. The molecular formula is C18H14Mo2O4+2. The van der Waals surface area contributed by atoms with Gasteiger partial charge in [-0.1, -0.05) is 0 Å². The van der Waals surface area contributed by atoms with Crippen LogP contribution in [0.2, 0.25) is 0 Å². The molecule has 0 aromatic heterocycles. The van der Waals surface area contributed by atoms with E-state index in [1.807, 2.05) is 84.9 Å². The second kappa shape index (κ2) is 57.8. The summed E-state index contributed by atoms with van der Waals surface area (Å²) in [7, 11) is 0. The van der Waals surface area contributed by atoms with E-state index in [0.29, 0.717) is 0 Å². The molecule has 24 heavy (non-hydrogen) atoms. The predicted octanol–water partition coefficient (Wildman–Crippen LogP) is 3.78. The minimum absolute atomic E-state index is 0. The van der Waals surface area contributed by atoms with Gasteiger partial charge in [0.2, 0.25) is 0 Å². The fourth-order valence-corrected chi connectivity index (χ4v) is 0.898. The SMILES string of the molecule is [C-]#[O+].[C-]#[O+].[C-]#[O+].[C-]#[O+].[Mo].[Mo].c1ccc[cH+]cc1.c1ccc[cH+]cc1. The molecule has 2 aromatic rings. The summed E-state index contributed by atoms with van der Waals surface area (Å²) in [6, 6.07) is 28.0. The summed E-state index contributed by atoms with van der Waals surface area (Å²) < 4.78 is 30.0. The minimum Gasteiger partial charge on any atom is 0 e. The van der Waals surface area contributed by atoms with E-state index >= 15 is 0 Å². The molecule has 0 aliphatic rings. The first-order chi connectivity index (χ1) is 11.0. The fraction of sp³-hybridized carbons (Fsp3) is 0. The van der Waals surface area contributed by atoms with Gasteiger partial charge < -0.3 is 0 Å². The molecule has 6 heteroatoms. The van der Waals surface area contributed by atoms with Crippen LogP contribution in [0.1, 0.15) is 0 Å². The molecule has 0 aliphatic heterocycles. The zero-order chi connectivity index (χ0) is 17.9. The number of rotatable bonds is 0. The molecule has 0 atom stereocenters. The molecule has 120 valence electrons. The molecule has 2 aromatic carbocycles. The van der Waals surface area contributed by atoms with Crippen molar-refractivity contribution in [2.45, 2.75) is 0 Å². The van der Waals surface area contributed by atoms with Crippen LogP contribution in [0.3, 0.4) is 0 Å². The zero-order valence-electron chi connectivity index (χ0n) is 12.5. The zero-order valence-corrected chi connectivity index (χ0v) is 16.5. The van der Waals surface area contributed by atoms with Crippen molar-refractivity contribution in [1.29, 1.82) is 0 Å². The average molecular weight is 486 g/mol. The molecule has 4 nitrogen and oxygen atoms in total. The van der Waals surface area contributed by atoms with Crippen molar-refractivity contribution in [2.24, 2.45) is 0 Å². The van der Waals surface area contributed by atoms with Gasteiger partial charge in [0.25, 0.3) is 0 Å². The summed E-state index contributed by atoms with van der Waals surface area (Å²) in [4.78, 5) is 0. The van der Waals surface area contributed by atoms with Crippen LogP contribution < -0.4 is 0 Å². The third-order valence-corrected chi connectivity index (χ3v) is 1.56. The van der Waals surface area contributed by atoms with Gasteiger partial charge in [0.05, 0.1) is 0 Å². The average Bonchev–Trinajstić information content (AvgIpc) is 3.12. The largest absolute Gasteiger partial charge is 0.0467 e. The van der Waals surface area contributed by atoms with Crippen LogP contribution in [0.25, 0.3) is 0 Å². The van der Waals surface area contributed by atoms with E-state index in [0.717, 1.165) is 0 Å². The van der Waals surface area contributed by atoms with E-state index in [9.17, 15) is 0 Å². The van der Waals surface area contributed by atoms with Crippen molar-refractivity contribution in [3.63, 3.8) is 0 Å². The van der Waals surface area contributed by atoms with Crippen LogP contribution in [0.15, 0.2) is 84.9 Å². The maximum Gasteiger partial charge on any atom is 0.0467 e. The van der Waals surface area contributed by atoms with Gasteiger partial charge in [-0.3, -0.25) is 0 Å². The van der Waals surface area contributed by atoms with Crippen LogP contribution in [-0.4, -0.2) is 0 Å². The Morgan fingerprint density at radius 3 is 0.708 bits per heavy atom. The van der Waals surface area contributed by atoms with Gasteiger partial charge in [-0.15, -0.1) is 0 Å². The monoisotopic (exact) mass is 490 g/mol. The third-order valence-electron chi connectivity index (χ3n) is 1.56. The van der Waals surface area contributed by atoms with Crippen molar-refractivity contribution < 1.29 is 60.7 Å². The molecule has 0 amide bonds. The van der Waals surface area contributed by atoms with E-state index in [1.165, 1.54) is 0 Å². The normalized spacial score (nSPS) is 5.00. The molecule has 0 fully saturated rings. The smallest absolute Gasteiger partial charge is 0 e. The van der Waals surface area contributed by atoms with E-state index in [1.54, 1.807) is 0 Å². The van der Waals surface area contributed by atoms with Crippen LogP contribution >= 0.6 is 0 Å². The summed E-state index contributed by atoms with van der Waals surface area (Å²) >= 11 is 0. The molecule has 0 spiro atoms. The number of hydrogen-bond acceptors (Lipinski definition) is 0. The van der Waals surface area contributed by atoms with Gasteiger partial charge in [0, 0.05) is 127 Å². The summed E-state index contributed by atoms with van der Waals surface area (Å²) in [6.07, 6.45) is 0. The Labute approximate surface area is 171 Å². The van der Waals surface area contributed by atoms with Crippen molar-refractivity contribution in [3.8, 4) is 0 Å². The van der Waals surface area contributed by atoms with E-state index in [-0.39, 0.29) is 42.1 Å². The Bertz CT molecular complexity index is 359. The molecular weight excluding hydrogens is 472 g/mol. The van der Waals surface area contributed by atoms with Crippen molar-refractivity contribution in [2.75, 3.05) is 0 Å². The van der Waals surface area contributed by atoms with Gasteiger partial charge in [-0.25, -0.2) is 0 Å². The Balaban J connectivity index is -0.0000000452. The maximum absolute atomic E-state index is 7.50. The first-order valence-corrected chi connectivity index (χ1v) is 5.48. The van der Waals surface area contributed by atoms with Crippen molar-refractivity contribution in [3.05, 3.63) is 112 Å². The van der Waals surface area contributed by atoms with Gasteiger partial charge in [0.15, 0.2) is 0 Å². The summed E-state index contributed by atoms with van der Waals surface area (Å²) in [5.74, 6) is 0. The molecule has 0 unspecified atom stereocenters. The Morgan fingerprint density at radius 1 is 0.375 bits per heavy atom. The standard InChI is InChI=1S/2C7H7.4CO.2Mo/c2*1-2-4-6-7-5-3-1;4*1-2;;/h2*1-7H;;;;;;/q2*+1;;;;;;. The fourth-order valence-electron chi connectivity index (χ4n) is 0.898. The molecule has 0 radical (unpaired) electrons. The first kappa shape index (κ1) is 38.2. The summed E-state index contributed by atoms with van der Waals surface area (Å²) in [6.45, 7) is 18.0. The Hall–Kier alpha value is -1.48. The summed E-state index contributed by atoms with van der Waals surface area (Å²) in [5.41, 5.74) is 0. The molecule has 0 saturated carbocycles. The Morgan fingerprint density at radius 2 is 0.542 bits per heavy atom. The molecule has 0 aliphatic carbocycles. The number of hydrogen-bond donors (Lipinski definition) is 0. The summed E-state index contributed by atoms with van der Waals surface area (Å²) in [5, 5.41) is 0. The van der Waals surface area contributed by atoms with Gasteiger partial charge >= 0.3 is 45.2 Å². The molecule has 0 heterocycles. The molecule has 0 saturated heterocycles. The topological polar surface area (TPSA) is 79.6 Å². The molecule has 0 bridgehead atoms. The molecule has 2 rings (SSSR count). The third kappa shape index (κ3) is 49.9. The Kier molecular flexibility index (Phi) is 92.0. The van der Waals surface area contributed by atoms with Crippen LogP contribution in [-0.2, 0) is 60.7 Å². The molecule has 0 N–H and O–H groups in total. The van der Waals surface area contributed by atoms with E-state index < -0.39 is 0 Å². The predicted molar refractivity (Wildman–Crippen MR) is 77.4 cm³/mol. The quantitative estimate of drug-likeness (QED) is 0.309. The van der Waals surface area contributed by atoms with E-state index in [2.05, 4.69) is 26.6 Å². The van der Waals surface area contributed by atoms with Crippen LogP contribution in [0.4, 0.5) is 0 Å². The van der Waals surface area contributed by atoms with Crippen LogP contribution in [0, 0.1) is 26.6 Å². The second-order valence-corrected chi connectivity index (χ2v) is 2.69. The van der Waals surface area contributed by atoms with Gasteiger partial charge in [0.1, 0.15) is 0 Å². The van der Waals surface area contributed by atoms with Gasteiger partial charge in [-0.05, 0) is 0 Å². The van der Waals surface area contributed by atoms with Crippen LogP contribution in [0.5, 0.6) is 0 Å². The second-order valence-electron chi connectivity index (χ2n) is 2.69. The first-order valence-electron chi connectivity index (χ1n) is 5.48. The van der Waals surface area contributed by atoms with Crippen molar-refractivity contribution in [1.82, 2.24) is 0 Å².